The normalized spacial score (nSPS) is 16.0. The molecule has 0 unspecified atom stereocenters. The molecule has 8 heteroatoms. The fourth-order valence-corrected chi connectivity index (χ4v) is 2.75. The summed E-state index contributed by atoms with van der Waals surface area (Å²) >= 11 is 0. The van der Waals surface area contributed by atoms with Crippen LogP contribution >= 0.6 is 0 Å². The molecule has 1 amide bonds. The first-order chi connectivity index (χ1) is 11.9. The molecule has 0 aliphatic carbocycles. The van der Waals surface area contributed by atoms with Gasteiger partial charge in [-0.15, -0.1) is 0 Å². The molecule has 3 rings (SSSR count). The zero-order valence-corrected chi connectivity index (χ0v) is 13.4. The lowest BCUT2D eigenvalue weighted by molar-refractivity contribution is -0.142. The van der Waals surface area contributed by atoms with Gasteiger partial charge in [0.25, 0.3) is 0 Å². The van der Waals surface area contributed by atoms with Gasteiger partial charge in [-0.1, -0.05) is 30.3 Å². The predicted octanol–water partition coefficient (Wildman–Crippen LogP) is 3.94. The first-order valence-corrected chi connectivity index (χ1v) is 7.72. The van der Waals surface area contributed by atoms with E-state index in [1.54, 1.807) is 13.0 Å². The highest BCUT2D eigenvalue weighted by atomic mass is 19.4. The van der Waals surface area contributed by atoms with Crippen LogP contribution in [0.15, 0.2) is 30.3 Å². The third kappa shape index (κ3) is 3.52. The highest BCUT2D eigenvalue weighted by Gasteiger charge is 2.40. The quantitative estimate of drug-likeness (QED) is 0.892. The van der Waals surface area contributed by atoms with E-state index < -0.39 is 18.0 Å². The second kappa shape index (κ2) is 6.62. The van der Waals surface area contributed by atoms with Crippen molar-refractivity contribution in [2.24, 2.45) is 0 Å². The number of nitrogens with one attached hydrogen (secondary N) is 1. The smallest absolute Gasteiger partial charge is 0.433 e. The summed E-state index contributed by atoms with van der Waals surface area (Å²) < 4.78 is 44.6. The van der Waals surface area contributed by atoms with Gasteiger partial charge in [-0.25, -0.2) is 4.79 Å². The molecule has 2 aromatic rings. The molecule has 2 heterocycles. The molecule has 0 saturated heterocycles. The van der Waals surface area contributed by atoms with E-state index in [1.165, 1.54) is 4.90 Å². The monoisotopic (exact) mass is 351 g/mol. The van der Waals surface area contributed by atoms with Crippen LogP contribution in [0.5, 0.6) is 0 Å². The van der Waals surface area contributed by atoms with Crippen molar-refractivity contribution >= 4 is 17.7 Å². The number of aromatic amines is 1. The maximum absolute atomic E-state index is 13.2. The first kappa shape index (κ1) is 17.1. The van der Waals surface area contributed by atoms with Crippen LogP contribution in [0.25, 0.3) is 11.6 Å². The summed E-state index contributed by atoms with van der Waals surface area (Å²) in [5.74, 6) is 0. The lowest BCUT2D eigenvalue weighted by Gasteiger charge is -2.28. The minimum Gasteiger partial charge on any atom is -0.450 e. The lowest BCUT2D eigenvalue weighted by Crippen LogP contribution is -2.36. The van der Waals surface area contributed by atoms with Gasteiger partial charge in [0.1, 0.15) is 5.69 Å². The number of alkyl halides is 3. The van der Waals surface area contributed by atoms with Gasteiger partial charge in [0.2, 0.25) is 0 Å². The molecular formula is C17H16F3N3O2. The number of rotatable bonds is 2. The Balaban J connectivity index is 2.06. The molecule has 25 heavy (non-hydrogen) atoms. The molecular weight excluding hydrogens is 335 g/mol. The predicted molar refractivity (Wildman–Crippen MR) is 85.3 cm³/mol. The van der Waals surface area contributed by atoms with Crippen LogP contribution in [-0.4, -0.2) is 34.3 Å². The van der Waals surface area contributed by atoms with Crippen molar-refractivity contribution in [2.75, 3.05) is 13.2 Å². The summed E-state index contributed by atoms with van der Waals surface area (Å²) in [4.78, 5) is 13.3. The molecule has 0 atom stereocenters. The molecule has 1 N–H and O–H groups in total. The SMILES string of the molecule is CCOC(=O)N1CC(=Cc2ccccc2)c2n[nH]c(C(F)(F)F)c2C1. The Kier molecular flexibility index (Phi) is 4.52. The maximum atomic E-state index is 13.2. The van der Waals surface area contributed by atoms with Crippen LogP contribution in [0, 0.1) is 0 Å². The Labute approximate surface area is 142 Å². The summed E-state index contributed by atoms with van der Waals surface area (Å²) in [6.45, 7) is 1.72. The van der Waals surface area contributed by atoms with E-state index in [4.69, 9.17) is 4.74 Å². The van der Waals surface area contributed by atoms with Crippen molar-refractivity contribution in [3.63, 3.8) is 0 Å². The average Bonchev–Trinajstić information content (AvgIpc) is 3.00. The molecule has 0 radical (unpaired) electrons. The summed E-state index contributed by atoms with van der Waals surface area (Å²) in [5, 5.41) is 5.92. The van der Waals surface area contributed by atoms with Gasteiger partial charge < -0.3 is 4.74 Å². The van der Waals surface area contributed by atoms with Gasteiger partial charge in [0, 0.05) is 11.1 Å². The number of ether oxygens (including phenoxy) is 1. The number of carbonyl (C=O) groups is 1. The van der Waals surface area contributed by atoms with Gasteiger partial charge in [-0.3, -0.25) is 10.00 Å². The average molecular weight is 351 g/mol. The Morgan fingerprint density at radius 3 is 2.68 bits per heavy atom. The Bertz CT molecular complexity index is 797. The van der Waals surface area contributed by atoms with Crippen molar-refractivity contribution < 1.29 is 22.7 Å². The van der Waals surface area contributed by atoms with Crippen molar-refractivity contribution in [2.45, 2.75) is 19.6 Å². The van der Waals surface area contributed by atoms with Crippen molar-refractivity contribution in [3.8, 4) is 0 Å². The van der Waals surface area contributed by atoms with E-state index in [2.05, 4.69) is 10.2 Å². The number of hydrogen-bond donors (Lipinski definition) is 1. The number of carbonyl (C=O) groups excluding carboxylic acids is 1. The Hall–Kier alpha value is -2.77. The summed E-state index contributed by atoms with van der Waals surface area (Å²) in [6.07, 6.45) is -3.50. The van der Waals surface area contributed by atoms with Crippen molar-refractivity contribution in [3.05, 3.63) is 52.8 Å². The van der Waals surface area contributed by atoms with Crippen LogP contribution in [0.4, 0.5) is 18.0 Å². The molecule has 1 aromatic heterocycles. The van der Waals surface area contributed by atoms with Crippen LogP contribution in [0.1, 0.15) is 29.4 Å². The van der Waals surface area contributed by atoms with E-state index in [0.29, 0.717) is 5.57 Å². The summed E-state index contributed by atoms with van der Waals surface area (Å²) in [7, 11) is 0. The van der Waals surface area contributed by atoms with E-state index in [1.807, 2.05) is 30.3 Å². The lowest BCUT2D eigenvalue weighted by atomic mass is 9.98. The standard InChI is InChI=1S/C17H16F3N3O2/c1-2-25-16(24)23-9-12(8-11-6-4-3-5-7-11)14-13(10-23)15(22-21-14)17(18,19)20/h3-8H,2,9-10H2,1H3,(H,21,22). The highest BCUT2D eigenvalue weighted by Crippen LogP contribution is 2.37. The molecule has 1 aromatic carbocycles. The van der Waals surface area contributed by atoms with E-state index in [-0.39, 0.29) is 31.0 Å². The van der Waals surface area contributed by atoms with Gasteiger partial charge >= 0.3 is 12.3 Å². The molecule has 5 nitrogen and oxygen atoms in total. The summed E-state index contributed by atoms with van der Waals surface area (Å²) in [5.41, 5.74) is 0.583. The van der Waals surface area contributed by atoms with Gasteiger partial charge in [-0.2, -0.15) is 18.3 Å². The van der Waals surface area contributed by atoms with Gasteiger partial charge in [0.05, 0.1) is 25.4 Å². The minimum atomic E-state index is -4.57. The van der Waals surface area contributed by atoms with Gasteiger partial charge in [-0.05, 0) is 18.6 Å². The highest BCUT2D eigenvalue weighted by molar-refractivity contribution is 5.86. The first-order valence-electron chi connectivity index (χ1n) is 7.72. The fraction of sp³-hybridized carbons (Fsp3) is 0.294. The second-order valence-corrected chi connectivity index (χ2v) is 5.56. The molecule has 1 aliphatic heterocycles. The molecule has 0 saturated carbocycles. The Morgan fingerprint density at radius 1 is 1.32 bits per heavy atom. The number of fused-ring (bicyclic) bond motifs is 1. The minimum absolute atomic E-state index is 0.0472. The van der Waals surface area contributed by atoms with E-state index in [0.717, 1.165) is 5.56 Å². The number of benzene rings is 1. The van der Waals surface area contributed by atoms with Crippen LogP contribution in [0.2, 0.25) is 0 Å². The number of aromatic nitrogens is 2. The molecule has 0 fully saturated rings. The number of nitrogens with zero attached hydrogens (tertiary/aromatic N) is 2. The number of hydrogen-bond acceptors (Lipinski definition) is 3. The number of amides is 1. The van der Waals surface area contributed by atoms with Crippen LogP contribution < -0.4 is 0 Å². The molecule has 1 aliphatic rings. The van der Waals surface area contributed by atoms with Crippen LogP contribution in [-0.2, 0) is 17.5 Å². The third-order valence-electron chi connectivity index (χ3n) is 3.83. The third-order valence-corrected chi connectivity index (χ3v) is 3.83. The fourth-order valence-electron chi connectivity index (χ4n) is 2.75. The Morgan fingerprint density at radius 2 is 2.04 bits per heavy atom. The van der Waals surface area contributed by atoms with Crippen LogP contribution in [0.3, 0.4) is 0 Å². The van der Waals surface area contributed by atoms with Crippen molar-refractivity contribution in [1.82, 2.24) is 15.1 Å². The molecule has 132 valence electrons. The number of H-pyrrole nitrogens is 1. The number of halogens is 3. The zero-order chi connectivity index (χ0) is 18.0. The molecule has 0 bridgehead atoms. The summed E-state index contributed by atoms with van der Waals surface area (Å²) in [6, 6.07) is 9.14. The van der Waals surface area contributed by atoms with Gasteiger partial charge in [0.15, 0.2) is 0 Å². The van der Waals surface area contributed by atoms with E-state index >= 15 is 0 Å². The largest absolute Gasteiger partial charge is 0.450 e. The maximum Gasteiger partial charge on any atom is 0.433 e. The zero-order valence-electron chi connectivity index (χ0n) is 13.4. The van der Waals surface area contributed by atoms with Crippen molar-refractivity contribution in [1.29, 1.82) is 0 Å². The topological polar surface area (TPSA) is 58.2 Å². The molecule has 0 spiro atoms. The second-order valence-electron chi connectivity index (χ2n) is 5.56. The van der Waals surface area contributed by atoms with E-state index in [9.17, 15) is 18.0 Å².